The molecule has 0 saturated heterocycles. The first kappa shape index (κ1) is 15.9. The number of rotatable bonds is 5. The van der Waals surface area contributed by atoms with Crippen molar-refractivity contribution in [2.75, 3.05) is 11.4 Å². The summed E-state index contributed by atoms with van der Waals surface area (Å²) >= 11 is 1.39. The molecule has 0 spiro atoms. The predicted molar refractivity (Wildman–Crippen MR) is 92.9 cm³/mol. The van der Waals surface area contributed by atoms with E-state index in [0.29, 0.717) is 15.9 Å². The maximum absolute atomic E-state index is 12.7. The van der Waals surface area contributed by atoms with Crippen LogP contribution in [0, 0.1) is 11.3 Å². The number of para-hydroxylation sites is 1. The molecule has 0 bridgehead atoms. The lowest BCUT2D eigenvalue weighted by Gasteiger charge is -2.22. The second-order valence-electron chi connectivity index (χ2n) is 5.11. The van der Waals surface area contributed by atoms with Crippen molar-refractivity contribution >= 4 is 33.1 Å². The van der Waals surface area contributed by atoms with E-state index in [0.717, 1.165) is 0 Å². The molecule has 2 heterocycles. The van der Waals surface area contributed by atoms with E-state index >= 15 is 0 Å². The van der Waals surface area contributed by atoms with Crippen LogP contribution in [0.15, 0.2) is 52.9 Å². The third-order valence-corrected chi connectivity index (χ3v) is 4.39. The number of carbonyl (C=O) groups is 1. The highest BCUT2D eigenvalue weighted by atomic mass is 32.1. The molecule has 120 valence electrons. The molecule has 3 aromatic rings. The van der Waals surface area contributed by atoms with Gasteiger partial charge >= 0.3 is 0 Å². The molecule has 0 N–H and O–H groups in total. The Balaban J connectivity index is 1.88. The highest BCUT2D eigenvalue weighted by Crippen LogP contribution is 2.16. The number of hydrogen-bond acceptors (Lipinski definition) is 5. The van der Waals surface area contributed by atoms with Crippen LogP contribution >= 0.6 is 11.3 Å². The van der Waals surface area contributed by atoms with Crippen LogP contribution in [0.25, 0.3) is 10.2 Å². The maximum atomic E-state index is 12.7. The quantitative estimate of drug-likeness (QED) is 0.715. The lowest BCUT2D eigenvalue weighted by Crippen LogP contribution is -2.37. The van der Waals surface area contributed by atoms with Crippen LogP contribution in [-0.2, 0) is 11.3 Å². The Morgan fingerprint density at radius 1 is 1.29 bits per heavy atom. The molecular weight excluding hydrogens is 324 g/mol. The van der Waals surface area contributed by atoms with Crippen molar-refractivity contribution in [2.45, 2.75) is 13.0 Å². The normalized spacial score (nSPS) is 10.5. The molecule has 1 aromatic carbocycles. The Hall–Kier alpha value is -2.98. The number of fused-ring (bicyclic) bond motifs is 1. The number of amides is 1. The second-order valence-corrected chi connectivity index (χ2v) is 6.00. The topological polar surface area (TPSA) is 79.0 Å². The van der Waals surface area contributed by atoms with Gasteiger partial charge in [-0.05, 0) is 23.6 Å². The summed E-state index contributed by atoms with van der Waals surface area (Å²) in [7, 11) is 0. The monoisotopic (exact) mass is 338 g/mol. The van der Waals surface area contributed by atoms with E-state index in [4.69, 9.17) is 5.26 Å². The molecule has 0 saturated carbocycles. The smallest absolute Gasteiger partial charge is 0.262 e. The first-order valence-electron chi connectivity index (χ1n) is 7.35. The van der Waals surface area contributed by atoms with Gasteiger partial charge in [0.25, 0.3) is 5.56 Å². The Morgan fingerprint density at radius 2 is 2.08 bits per heavy atom. The largest absolute Gasteiger partial charge is 0.310 e. The van der Waals surface area contributed by atoms with Gasteiger partial charge in [0.05, 0.1) is 24.2 Å². The van der Waals surface area contributed by atoms with E-state index in [2.05, 4.69) is 4.98 Å². The summed E-state index contributed by atoms with van der Waals surface area (Å²) in [5.74, 6) is -0.255. The number of nitrogens with zero attached hydrogens (tertiary/aromatic N) is 4. The summed E-state index contributed by atoms with van der Waals surface area (Å²) in [5.41, 5.74) is 0.471. The molecule has 0 aliphatic heterocycles. The molecule has 0 unspecified atom stereocenters. The number of thiophene rings is 1. The molecule has 0 fully saturated rings. The number of benzene rings is 1. The predicted octanol–water partition coefficient (Wildman–Crippen LogP) is 2.40. The van der Waals surface area contributed by atoms with Crippen molar-refractivity contribution in [3.8, 4) is 6.07 Å². The van der Waals surface area contributed by atoms with Gasteiger partial charge in [-0.3, -0.25) is 14.2 Å². The van der Waals surface area contributed by atoms with Crippen LogP contribution in [0.3, 0.4) is 0 Å². The Morgan fingerprint density at radius 3 is 2.83 bits per heavy atom. The van der Waals surface area contributed by atoms with E-state index < -0.39 is 0 Å². The van der Waals surface area contributed by atoms with E-state index in [-0.39, 0.29) is 31.0 Å². The van der Waals surface area contributed by atoms with Crippen LogP contribution in [-0.4, -0.2) is 22.0 Å². The zero-order chi connectivity index (χ0) is 16.9. The van der Waals surface area contributed by atoms with Gasteiger partial charge in [-0.15, -0.1) is 11.3 Å². The fraction of sp³-hybridized carbons (Fsp3) is 0.176. The summed E-state index contributed by atoms with van der Waals surface area (Å²) < 4.78 is 1.31. The van der Waals surface area contributed by atoms with Crippen LogP contribution in [0.2, 0.25) is 0 Å². The van der Waals surface area contributed by atoms with Gasteiger partial charge in [0, 0.05) is 12.2 Å². The third-order valence-electron chi connectivity index (χ3n) is 3.57. The van der Waals surface area contributed by atoms with Crippen LogP contribution in [0.4, 0.5) is 5.69 Å². The fourth-order valence-corrected chi connectivity index (χ4v) is 3.13. The standard InChI is InChI=1S/C17H14N4O2S/c18-8-4-9-21(13-5-2-1-3-6-13)15(22)11-20-12-19-16-14(17(20)23)7-10-24-16/h1-3,5-7,10,12H,4,9,11H2. The van der Waals surface area contributed by atoms with Gasteiger partial charge in [0.15, 0.2) is 0 Å². The SMILES string of the molecule is N#CCCN(C(=O)Cn1cnc2sccc2c1=O)c1ccccc1. The molecule has 0 atom stereocenters. The molecule has 7 heteroatoms. The molecular formula is C17H14N4O2S. The number of nitriles is 1. The summed E-state index contributed by atoms with van der Waals surface area (Å²) in [6.07, 6.45) is 1.61. The third kappa shape index (κ3) is 3.19. The highest BCUT2D eigenvalue weighted by Gasteiger charge is 2.17. The molecule has 0 radical (unpaired) electrons. The molecule has 24 heavy (non-hydrogen) atoms. The second kappa shape index (κ2) is 7.06. The molecule has 1 amide bonds. The van der Waals surface area contributed by atoms with Crippen molar-refractivity contribution in [2.24, 2.45) is 0 Å². The van der Waals surface area contributed by atoms with Crippen molar-refractivity contribution in [3.05, 3.63) is 58.5 Å². The van der Waals surface area contributed by atoms with Gasteiger partial charge in [-0.25, -0.2) is 4.98 Å². The highest BCUT2D eigenvalue weighted by molar-refractivity contribution is 7.16. The number of anilines is 1. The van der Waals surface area contributed by atoms with E-state index in [1.54, 1.807) is 23.6 Å². The zero-order valence-electron chi connectivity index (χ0n) is 12.8. The minimum atomic E-state index is -0.255. The maximum Gasteiger partial charge on any atom is 0.262 e. The summed E-state index contributed by atoms with van der Waals surface area (Å²) in [6, 6.07) is 12.9. The van der Waals surface area contributed by atoms with E-state index in [1.807, 2.05) is 24.3 Å². The van der Waals surface area contributed by atoms with Crippen LogP contribution < -0.4 is 10.5 Å². The average molecular weight is 338 g/mol. The van der Waals surface area contributed by atoms with Gasteiger partial charge < -0.3 is 4.90 Å². The summed E-state index contributed by atoms with van der Waals surface area (Å²) in [5, 5.41) is 11.1. The Kier molecular flexibility index (Phi) is 4.68. The Labute approximate surface area is 142 Å². The van der Waals surface area contributed by atoms with Gasteiger partial charge in [0.1, 0.15) is 11.4 Å². The molecule has 6 nitrogen and oxygen atoms in total. The minimum Gasteiger partial charge on any atom is -0.310 e. The van der Waals surface area contributed by atoms with Crippen LogP contribution in [0.5, 0.6) is 0 Å². The van der Waals surface area contributed by atoms with E-state index in [9.17, 15) is 9.59 Å². The lowest BCUT2D eigenvalue weighted by molar-refractivity contribution is -0.119. The number of aromatic nitrogens is 2. The summed E-state index contributed by atoms with van der Waals surface area (Å²) in [4.78, 5) is 31.5. The average Bonchev–Trinajstić information content (AvgIpc) is 3.08. The summed E-state index contributed by atoms with van der Waals surface area (Å²) in [6.45, 7) is 0.167. The van der Waals surface area contributed by atoms with Crippen LogP contribution in [0.1, 0.15) is 6.42 Å². The molecule has 0 aliphatic rings. The van der Waals surface area contributed by atoms with Gasteiger partial charge in [0.2, 0.25) is 5.91 Å². The molecule has 0 aliphatic carbocycles. The van der Waals surface area contributed by atoms with E-state index in [1.165, 1.54) is 27.1 Å². The van der Waals surface area contributed by atoms with Gasteiger partial charge in [-0.1, -0.05) is 18.2 Å². The molecule has 2 aromatic heterocycles. The molecule has 3 rings (SSSR count). The first-order chi connectivity index (χ1) is 11.7. The Bertz CT molecular complexity index is 956. The zero-order valence-corrected chi connectivity index (χ0v) is 13.6. The van der Waals surface area contributed by atoms with Crippen molar-refractivity contribution < 1.29 is 4.79 Å². The number of hydrogen-bond donors (Lipinski definition) is 0. The lowest BCUT2D eigenvalue weighted by atomic mass is 10.2. The van der Waals surface area contributed by atoms with Crippen molar-refractivity contribution in [3.63, 3.8) is 0 Å². The van der Waals surface area contributed by atoms with Crippen molar-refractivity contribution in [1.82, 2.24) is 9.55 Å². The number of carbonyl (C=O) groups excluding carboxylic acids is 1. The van der Waals surface area contributed by atoms with Gasteiger partial charge in [-0.2, -0.15) is 5.26 Å². The first-order valence-corrected chi connectivity index (χ1v) is 8.23. The van der Waals surface area contributed by atoms with Crippen molar-refractivity contribution in [1.29, 1.82) is 5.26 Å². The fourth-order valence-electron chi connectivity index (χ4n) is 2.40. The minimum absolute atomic E-state index is 0.113.